The average Bonchev–Trinajstić information content (AvgIpc) is 2.89. The summed E-state index contributed by atoms with van der Waals surface area (Å²) >= 11 is 12.3. The number of likely N-dealkylation sites (tertiary alicyclic amines) is 1. The monoisotopic (exact) mass is 538 g/mol. The summed E-state index contributed by atoms with van der Waals surface area (Å²) in [5.41, 5.74) is 3.40. The molecule has 1 fully saturated rings. The third-order valence-corrected chi connectivity index (χ3v) is 7.14. The number of hydrogen-bond acceptors (Lipinski definition) is 3. The van der Waals surface area contributed by atoms with Crippen molar-refractivity contribution in [1.29, 1.82) is 0 Å². The van der Waals surface area contributed by atoms with E-state index in [1.165, 1.54) is 0 Å². The van der Waals surface area contributed by atoms with Crippen molar-refractivity contribution in [2.75, 3.05) is 13.1 Å². The number of carboxylic acid groups (broad SMARTS) is 1. The van der Waals surface area contributed by atoms with Gasteiger partial charge in [0.15, 0.2) is 0 Å². The van der Waals surface area contributed by atoms with Gasteiger partial charge in [0.05, 0.1) is 12.3 Å². The number of hydrogen-bond donors (Lipinski definition) is 2. The van der Waals surface area contributed by atoms with Crippen LogP contribution in [-0.2, 0) is 27.2 Å². The number of aliphatic carboxylic acids is 1. The van der Waals surface area contributed by atoms with Crippen LogP contribution in [0.15, 0.2) is 72.8 Å². The fourth-order valence-corrected chi connectivity index (χ4v) is 5.09. The van der Waals surface area contributed by atoms with Crippen molar-refractivity contribution in [2.45, 2.75) is 31.7 Å². The fraction of sp³-hybridized carbons (Fsp3) is 0.276. The SMILES string of the molecule is O=C(N[C@@H](Cc1ccc(-c2ccc(Cl)cc2Cl)cc1)C(=O)O)C1CCCN(C(=O)Cc2ccccc2)C1. The second-order valence-electron chi connectivity index (χ2n) is 9.27. The highest BCUT2D eigenvalue weighted by molar-refractivity contribution is 6.36. The molecule has 192 valence electrons. The maximum atomic E-state index is 13.0. The maximum Gasteiger partial charge on any atom is 0.326 e. The van der Waals surface area contributed by atoms with Crippen LogP contribution in [0.25, 0.3) is 11.1 Å². The molecule has 0 spiro atoms. The van der Waals surface area contributed by atoms with Crippen LogP contribution in [0, 0.1) is 5.92 Å². The van der Waals surface area contributed by atoms with Gasteiger partial charge in [-0.2, -0.15) is 0 Å². The van der Waals surface area contributed by atoms with E-state index in [9.17, 15) is 19.5 Å². The highest BCUT2D eigenvalue weighted by Gasteiger charge is 2.31. The third kappa shape index (κ3) is 7.12. The average molecular weight is 539 g/mol. The van der Waals surface area contributed by atoms with Gasteiger partial charge in [-0.3, -0.25) is 9.59 Å². The van der Waals surface area contributed by atoms with Gasteiger partial charge in [-0.25, -0.2) is 4.79 Å². The summed E-state index contributed by atoms with van der Waals surface area (Å²) in [6.45, 7) is 0.891. The number of carbonyl (C=O) groups is 3. The number of halogens is 2. The van der Waals surface area contributed by atoms with Crippen molar-refractivity contribution in [1.82, 2.24) is 10.2 Å². The number of amides is 2. The standard InChI is InChI=1S/C29H28Cl2N2O4/c30-23-12-13-24(25(31)17-23)21-10-8-20(9-11-21)15-26(29(36)37)32-28(35)22-7-4-14-33(18-22)27(34)16-19-5-2-1-3-6-19/h1-3,5-6,8-13,17,22,26H,4,7,14-16,18H2,(H,32,35)(H,36,37)/t22?,26-/m0/s1. The van der Waals surface area contributed by atoms with Crippen LogP contribution in [0.4, 0.5) is 0 Å². The topological polar surface area (TPSA) is 86.7 Å². The zero-order valence-corrected chi connectivity index (χ0v) is 21.7. The molecular weight excluding hydrogens is 511 g/mol. The van der Waals surface area contributed by atoms with E-state index >= 15 is 0 Å². The van der Waals surface area contributed by atoms with Crippen LogP contribution in [0.5, 0.6) is 0 Å². The number of carboxylic acids is 1. The molecule has 0 aliphatic carbocycles. The van der Waals surface area contributed by atoms with Crippen LogP contribution in [0.2, 0.25) is 10.0 Å². The molecule has 6 nitrogen and oxygen atoms in total. The first kappa shape index (κ1) is 26.7. The Hall–Kier alpha value is -3.35. The second kappa shape index (κ2) is 12.3. The van der Waals surface area contributed by atoms with Crippen LogP contribution in [-0.4, -0.2) is 46.9 Å². The van der Waals surface area contributed by atoms with E-state index in [1.807, 2.05) is 60.7 Å². The Labute approximate surface area is 226 Å². The molecule has 1 saturated heterocycles. The largest absolute Gasteiger partial charge is 0.480 e. The van der Waals surface area contributed by atoms with Gasteiger partial charge in [-0.1, -0.05) is 83.9 Å². The van der Waals surface area contributed by atoms with E-state index in [2.05, 4.69) is 5.32 Å². The first-order valence-electron chi connectivity index (χ1n) is 12.2. The third-order valence-electron chi connectivity index (χ3n) is 6.59. The number of benzene rings is 3. The summed E-state index contributed by atoms with van der Waals surface area (Å²) in [4.78, 5) is 39.4. The molecule has 37 heavy (non-hydrogen) atoms. The molecule has 0 radical (unpaired) electrons. The molecular formula is C29H28Cl2N2O4. The normalized spacial score (nSPS) is 16.2. The quantitative estimate of drug-likeness (QED) is 0.409. The Morgan fingerprint density at radius 1 is 0.973 bits per heavy atom. The summed E-state index contributed by atoms with van der Waals surface area (Å²) in [5, 5.41) is 13.5. The predicted molar refractivity (Wildman–Crippen MR) is 145 cm³/mol. The van der Waals surface area contributed by atoms with Gasteiger partial charge in [0.25, 0.3) is 0 Å². The predicted octanol–water partition coefficient (Wildman–Crippen LogP) is 5.25. The Kier molecular flexibility index (Phi) is 8.85. The van der Waals surface area contributed by atoms with Gasteiger partial charge < -0.3 is 15.3 Å². The lowest BCUT2D eigenvalue weighted by Gasteiger charge is -2.32. The van der Waals surface area contributed by atoms with Gasteiger partial charge in [0.1, 0.15) is 6.04 Å². The lowest BCUT2D eigenvalue weighted by atomic mass is 9.95. The van der Waals surface area contributed by atoms with Gasteiger partial charge in [0, 0.05) is 35.1 Å². The Morgan fingerprint density at radius 2 is 1.70 bits per heavy atom. The first-order valence-corrected chi connectivity index (χ1v) is 12.9. The van der Waals surface area contributed by atoms with Crippen molar-refractivity contribution in [3.8, 4) is 11.1 Å². The maximum absolute atomic E-state index is 13.0. The molecule has 0 aromatic heterocycles. The van der Waals surface area contributed by atoms with Gasteiger partial charge in [-0.15, -0.1) is 0 Å². The van der Waals surface area contributed by atoms with Crippen LogP contribution >= 0.6 is 23.2 Å². The van der Waals surface area contributed by atoms with Crippen molar-refractivity contribution in [3.05, 3.63) is 94.0 Å². The van der Waals surface area contributed by atoms with Gasteiger partial charge in [0.2, 0.25) is 11.8 Å². The summed E-state index contributed by atoms with van der Waals surface area (Å²) in [5.74, 6) is -1.91. The highest BCUT2D eigenvalue weighted by Crippen LogP contribution is 2.30. The molecule has 2 N–H and O–H groups in total. The molecule has 2 amide bonds. The molecule has 0 saturated carbocycles. The van der Waals surface area contributed by atoms with Gasteiger partial charge in [-0.05, 0) is 41.7 Å². The molecule has 1 unspecified atom stereocenters. The van der Waals surface area contributed by atoms with E-state index in [4.69, 9.17) is 23.2 Å². The fourth-order valence-electron chi connectivity index (χ4n) is 4.57. The molecule has 1 aliphatic heterocycles. The zero-order valence-electron chi connectivity index (χ0n) is 20.2. The molecule has 4 rings (SSSR count). The van der Waals surface area contributed by atoms with E-state index < -0.39 is 17.9 Å². The Bertz CT molecular complexity index is 1260. The van der Waals surface area contributed by atoms with Crippen molar-refractivity contribution < 1.29 is 19.5 Å². The number of piperidine rings is 1. The molecule has 2 atom stereocenters. The van der Waals surface area contributed by atoms with Crippen LogP contribution in [0.1, 0.15) is 24.0 Å². The first-order chi connectivity index (χ1) is 17.8. The van der Waals surface area contributed by atoms with E-state index in [0.717, 1.165) is 22.3 Å². The molecule has 0 bridgehead atoms. The van der Waals surface area contributed by atoms with Crippen molar-refractivity contribution in [2.24, 2.45) is 5.92 Å². The summed E-state index contributed by atoms with van der Waals surface area (Å²) in [7, 11) is 0. The lowest BCUT2D eigenvalue weighted by molar-refractivity contribution is -0.143. The van der Waals surface area contributed by atoms with E-state index in [-0.39, 0.29) is 24.7 Å². The number of carbonyl (C=O) groups excluding carboxylic acids is 2. The van der Waals surface area contributed by atoms with Crippen LogP contribution in [0.3, 0.4) is 0 Å². The zero-order chi connectivity index (χ0) is 26.4. The number of nitrogens with one attached hydrogen (secondary N) is 1. The summed E-state index contributed by atoms with van der Waals surface area (Å²) < 4.78 is 0. The minimum absolute atomic E-state index is 0.0284. The van der Waals surface area contributed by atoms with Crippen LogP contribution < -0.4 is 5.32 Å². The molecule has 8 heteroatoms. The smallest absolute Gasteiger partial charge is 0.326 e. The highest BCUT2D eigenvalue weighted by atomic mass is 35.5. The van der Waals surface area contributed by atoms with Gasteiger partial charge >= 0.3 is 5.97 Å². The Balaban J connectivity index is 1.36. The van der Waals surface area contributed by atoms with Crippen molar-refractivity contribution >= 4 is 41.0 Å². The van der Waals surface area contributed by atoms with E-state index in [0.29, 0.717) is 36.0 Å². The van der Waals surface area contributed by atoms with Crippen molar-refractivity contribution in [3.63, 3.8) is 0 Å². The minimum Gasteiger partial charge on any atom is -0.480 e. The molecule has 3 aromatic rings. The molecule has 3 aromatic carbocycles. The number of rotatable bonds is 8. The summed E-state index contributed by atoms with van der Waals surface area (Å²) in [6, 6.07) is 21.1. The molecule has 1 heterocycles. The van der Waals surface area contributed by atoms with E-state index in [1.54, 1.807) is 17.0 Å². The summed E-state index contributed by atoms with van der Waals surface area (Å²) in [6.07, 6.45) is 1.73. The second-order valence-corrected chi connectivity index (χ2v) is 10.1. The number of nitrogens with zero attached hydrogens (tertiary/aromatic N) is 1. The molecule has 1 aliphatic rings. The lowest BCUT2D eigenvalue weighted by Crippen LogP contribution is -2.50. The Morgan fingerprint density at radius 3 is 2.38 bits per heavy atom. The minimum atomic E-state index is -1.11.